The largest absolute Gasteiger partial charge is 0.493 e. The molecule has 1 heterocycles. The first kappa shape index (κ1) is 20.0. The summed E-state index contributed by atoms with van der Waals surface area (Å²) in [5.74, 6) is 0.839. The Bertz CT molecular complexity index is 826. The van der Waals surface area contributed by atoms with E-state index in [0.29, 0.717) is 26.5 Å². The molecular formula is C18H20IN3O4. The van der Waals surface area contributed by atoms with Gasteiger partial charge < -0.3 is 19.7 Å². The average molecular weight is 469 g/mol. The average Bonchev–Trinajstić information content (AvgIpc) is 2.60. The molecule has 2 rings (SSSR count). The van der Waals surface area contributed by atoms with Gasteiger partial charge in [0.15, 0.2) is 11.5 Å². The molecule has 0 aliphatic heterocycles. The molecule has 0 saturated heterocycles. The van der Waals surface area contributed by atoms with Crippen LogP contribution < -0.4 is 14.8 Å². The van der Waals surface area contributed by atoms with Crippen LogP contribution in [0.5, 0.6) is 11.5 Å². The number of rotatable bonds is 6. The molecule has 2 aromatic rings. The standard InChI is InChI=1S/C18H20IN3O4/c1-11-5-6-20-16(7-11)21-17(23)10-22(2)18(24)12-8-14(25-3)15(26-4)9-13(12)19/h5-9H,10H2,1-4H3,(H,20,21,23). The van der Waals surface area contributed by atoms with Gasteiger partial charge in [-0.3, -0.25) is 9.59 Å². The molecule has 0 atom stereocenters. The number of nitrogens with one attached hydrogen (secondary N) is 1. The lowest BCUT2D eigenvalue weighted by atomic mass is 10.1. The van der Waals surface area contributed by atoms with Crippen LogP contribution in [0.2, 0.25) is 0 Å². The maximum Gasteiger partial charge on any atom is 0.255 e. The number of likely N-dealkylation sites (N-methyl/N-ethyl adjacent to an activating group) is 1. The van der Waals surface area contributed by atoms with E-state index < -0.39 is 0 Å². The third kappa shape index (κ3) is 4.84. The third-order valence-corrected chi connectivity index (χ3v) is 4.51. The molecule has 1 N–H and O–H groups in total. The summed E-state index contributed by atoms with van der Waals surface area (Å²) in [6.07, 6.45) is 1.62. The minimum Gasteiger partial charge on any atom is -0.493 e. The topological polar surface area (TPSA) is 80.8 Å². The van der Waals surface area contributed by atoms with Crippen molar-refractivity contribution in [3.05, 3.63) is 45.2 Å². The molecule has 0 bridgehead atoms. The molecule has 1 aromatic carbocycles. The van der Waals surface area contributed by atoms with Gasteiger partial charge in [0, 0.05) is 16.8 Å². The van der Waals surface area contributed by atoms with Crippen molar-refractivity contribution in [2.45, 2.75) is 6.92 Å². The summed E-state index contributed by atoms with van der Waals surface area (Å²) in [7, 11) is 4.61. The van der Waals surface area contributed by atoms with Crippen LogP contribution in [0.1, 0.15) is 15.9 Å². The fourth-order valence-corrected chi connectivity index (χ4v) is 2.97. The molecule has 1 aromatic heterocycles. The molecule has 0 saturated carbocycles. The lowest BCUT2D eigenvalue weighted by Gasteiger charge is -2.19. The molecule has 7 nitrogen and oxygen atoms in total. The van der Waals surface area contributed by atoms with E-state index in [1.165, 1.54) is 19.1 Å². The fraction of sp³-hybridized carbons (Fsp3) is 0.278. The highest BCUT2D eigenvalue weighted by Crippen LogP contribution is 2.31. The Morgan fingerprint density at radius 3 is 2.46 bits per heavy atom. The molecule has 0 fully saturated rings. The van der Waals surface area contributed by atoms with E-state index in [1.54, 1.807) is 31.4 Å². The predicted octanol–water partition coefficient (Wildman–Crippen LogP) is 2.72. The number of amides is 2. The van der Waals surface area contributed by atoms with Gasteiger partial charge in [-0.15, -0.1) is 0 Å². The van der Waals surface area contributed by atoms with Gasteiger partial charge in [0.05, 0.1) is 26.3 Å². The Kier molecular flexibility index (Phi) is 6.78. The highest BCUT2D eigenvalue weighted by molar-refractivity contribution is 14.1. The van der Waals surface area contributed by atoms with Crippen molar-refractivity contribution in [2.24, 2.45) is 0 Å². The number of benzene rings is 1. The van der Waals surface area contributed by atoms with Crippen LogP contribution in [0.25, 0.3) is 0 Å². The number of aryl methyl sites for hydroxylation is 1. The lowest BCUT2D eigenvalue weighted by molar-refractivity contribution is -0.116. The van der Waals surface area contributed by atoms with Crippen molar-refractivity contribution in [1.29, 1.82) is 0 Å². The van der Waals surface area contributed by atoms with Gasteiger partial charge in [-0.25, -0.2) is 4.98 Å². The molecule has 138 valence electrons. The van der Waals surface area contributed by atoms with E-state index in [0.717, 1.165) is 5.56 Å². The molecule has 2 amide bonds. The van der Waals surface area contributed by atoms with E-state index in [4.69, 9.17) is 9.47 Å². The number of halogens is 1. The Morgan fingerprint density at radius 1 is 1.19 bits per heavy atom. The van der Waals surface area contributed by atoms with Gasteiger partial charge in [-0.05, 0) is 59.3 Å². The molecule has 8 heteroatoms. The quantitative estimate of drug-likeness (QED) is 0.659. The first-order valence-corrected chi connectivity index (χ1v) is 8.83. The Morgan fingerprint density at radius 2 is 1.85 bits per heavy atom. The van der Waals surface area contributed by atoms with Gasteiger partial charge in [-0.1, -0.05) is 0 Å². The van der Waals surface area contributed by atoms with Gasteiger partial charge >= 0.3 is 0 Å². The molecule has 26 heavy (non-hydrogen) atoms. The number of methoxy groups -OCH3 is 2. The van der Waals surface area contributed by atoms with Crippen molar-refractivity contribution in [3.8, 4) is 11.5 Å². The maximum absolute atomic E-state index is 12.7. The van der Waals surface area contributed by atoms with Crippen LogP contribution in [0.4, 0.5) is 5.82 Å². The zero-order valence-electron chi connectivity index (χ0n) is 15.0. The summed E-state index contributed by atoms with van der Waals surface area (Å²) in [6.45, 7) is 1.81. The van der Waals surface area contributed by atoms with E-state index in [9.17, 15) is 9.59 Å². The third-order valence-electron chi connectivity index (χ3n) is 3.61. The predicted molar refractivity (Wildman–Crippen MR) is 107 cm³/mol. The van der Waals surface area contributed by atoms with Gasteiger partial charge in [0.1, 0.15) is 5.82 Å². The number of pyridine rings is 1. The van der Waals surface area contributed by atoms with Gasteiger partial charge in [0.25, 0.3) is 5.91 Å². The van der Waals surface area contributed by atoms with E-state index >= 15 is 0 Å². The number of carbonyl (C=O) groups excluding carboxylic acids is 2. The number of ether oxygens (including phenoxy) is 2. The van der Waals surface area contributed by atoms with Crippen LogP contribution >= 0.6 is 22.6 Å². The second-order valence-electron chi connectivity index (χ2n) is 5.61. The van der Waals surface area contributed by atoms with Gasteiger partial charge in [0.2, 0.25) is 5.91 Å². The summed E-state index contributed by atoms with van der Waals surface area (Å²) in [5.41, 5.74) is 1.42. The monoisotopic (exact) mass is 469 g/mol. The zero-order valence-corrected chi connectivity index (χ0v) is 17.2. The molecule has 0 aliphatic rings. The SMILES string of the molecule is COc1cc(I)c(C(=O)N(C)CC(=O)Nc2cc(C)ccn2)cc1OC. The fourth-order valence-electron chi connectivity index (χ4n) is 2.30. The zero-order chi connectivity index (χ0) is 19.3. The van der Waals surface area contributed by atoms with Crippen LogP contribution in [-0.4, -0.2) is 49.5 Å². The smallest absolute Gasteiger partial charge is 0.255 e. The molecule has 0 aliphatic carbocycles. The minimum absolute atomic E-state index is 0.0983. The summed E-state index contributed by atoms with van der Waals surface area (Å²) in [6, 6.07) is 6.93. The van der Waals surface area contributed by atoms with Crippen LogP contribution in [0.15, 0.2) is 30.5 Å². The summed E-state index contributed by atoms with van der Waals surface area (Å²) < 4.78 is 11.2. The van der Waals surface area contributed by atoms with Crippen molar-refractivity contribution in [1.82, 2.24) is 9.88 Å². The summed E-state index contributed by atoms with van der Waals surface area (Å²) >= 11 is 2.05. The Hall–Kier alpha value is -2.36. The van der Waals surface area contributed by atoms with Crippen LogP contribution in [0.3, 0.4) is 0 Å². The van der Waals surface area contributed by atoms with Crippen molar-refractivity contribution in [2.75, 3.05) is 33.1 Å². The van der Waals surface area contributed by atoms with Crippen molar-refractivity contribution in [3.63, 3.8) is 0 Å². The molecule has 0 spiro atoms. The Labute approximate surface area is 165 Å². The lowest BCUT2D eigenvalue weighted by Crippen LogP contribution is -2.35. The van der Waals surface area contributed by atoms with E-state index in [1.807, 2.05) is 13.0 Å². The first-order valence-electron chi connectivity index (χ1n) is 7.75. The minimum atomic E-state index is -0.325. The number of hydrogen-bond acceptors (Lipinski definition) is 5. The normalized spacial score (nSPS) is 10.2. The number of anilines is 1. The van der Waals surface area contributed by atoms with E-state index in [-0.39, 0.29) is 18.4 Å². The van der Waals surface area contributed by atoms with Crippen molar-refractivity contribution >= 4 is 40.2 Å². The van der Waals surface area contributed by atoms with Crippen molar-refractivity contribution < 1.29 is 19.1 Å². The summed E-state index contributed by atoms with van der Waals surface area (Å²) in [4.78, 5) is 30.3. The molecular weight excluding hydrogens is 449 g/mol. The van der Waals surface area contributed by atoms with E-state index in [2.05, 4.69) is 32.9 Å². The number of hydrogen-bond donors (Lipinski definition) is 1. The van der Waals surface area contributed by atoms with Crippen LogP contribution in [0, 0.1) is 10.5 Å². The Balaban J connectivity index is 2.10. The maximum atomic E-state index is 12.7. The first-order chi connectivity index (χ1) is 12.3. The molecule has 0 radical (unpaired) electrons. The number of carbonyl (C=O) groups is 2. The highest BCUT2D eigenvalue weighted by atomic mass is 127. The highest BCUT2D eigenvalue weighted by Gasteiger charge is 2.20. The summed E-state index contributed by atoms with van der Waals surface area (Å²) in [5, 5.41) is 2.68. The second kappa shape index (κ2) is 8.84. The van der Waals surface area contributed by atoms with Gasteiger partial charge in [-0.2, -0.15) is 0 Å². The molecule has 0 unspecified atom stereocenters. The number of aromatic nitrogens is 1. The number of nitrogens with zero attached hydrogens (tertiary/aromatic N) is 2. The van der Waals surface area contributed by atoms with Crippen LogP contribution in [-0.2, 0) is 4.79 Å². The second-order valence-corrected chi connectivity index (χ2v) is 6.78.